The molecule has 2 aromatic carbocycles. The molecule has 2 heteroatoms. The Bertz CT molecular complexity index is 501. The quantitative estimate of drug-likeness (QED) is 0.454. The minimum absolute atomic E-state index is 0.385. The van der Waals surface area contributed by atoms with Crippen molar-refractivity contribution in [3.05, 3.63) is 72.3 Å². The van der Waals surface area contributed by atoms with Gasteiger partial charge in [0.05, 0.1) is 0 Å². The molecule has 0 aromatic heterocycles. The van der Waals surface area contributed by atoms with E-state index in [4.69, 9.17) is 4.74 Å². The summed E-state index contributed by atoms with van der Waals surface area (Å²) in [5.74, 6) is 0.160. The Balaban J connectivity index is 1.96. The van der Waals surface area contributed by atoms with E-state index in [2.05, 4.69) is 6.07 Å². The van der Waals surface area contributed by atoms with Gasteiger partial charge in [-0.05, 0) is 29.8 Å². The molecule has 0 heterocycles. The molecule has 0 fully saturated rings. The van der Waals surface area contributed by atoms with Crippen LogP contribution in [-0.2, 0) is 4.79 Å². The Morgan fingerprint density at radius 2 is 1.76 bits per heavy atom. The van der Waals surface area contributed by atoms with Crippen LogP contribution >= 0.6 is 0 Å². The maximum absolute atomic E-state index is 11.5. The first-order valence-electron chi connectivity index (χ1n) is 5.26. The second-order valence-corrected chi connectivity index (χ2v) is 3.40. The number of para-hydroxylation sites is 1. The molecule has 0 unspecified atom stereocenters. The van der Waals surface area contributed by atoms with Crippen molar-refractivity contribution in [1.29, 1.82) is 0 Å². The fourth-order valence-electron chi connectivity index (χ4n) is 1.31. The number of ether oxygens (including phenoxy) is 1. The highest BCUT2D eigenvalue weighted by Crippen LogP contribution is 2.09. The molecule has 0 atom stereocenters. The van der Waals surface area contributed by atoms with Gasteiger partial charge in [0.2, 0.25) is 0 Å². The van der Waals surface area contributed by atoms with Gasteiger partial charge in [0.25, 0.3) is 0 Å². The maximum atomic E-state index is 11.5. The third-order valence-corrected chi connectivity index (χ3v) is 2.12. The van der Waals surface area contributed by atoms with Gasteiger partial charge in [-0.1, -0.05) is 42.5 Å². The Morgan fingerprint density at radius 3 is 2.47 bits per heavy atom. The average molecular weight is 223 g/mol. The molecule has 2 aromatic rings. The summed E-state index contributed by atoms with van der Waals surface area (Å²) >= 11 is 0. The SMILES string of the molecule is O=C(/C=C/c1cc[c]cc1)Oc1ccccc1. The molecule has 0 N–H and O–H groups in total. The van der Waals surface area contributed by atoms with Crippen molar-refractivity contribution >= 4 is 12.0 Å². The van der Waals surface area contributed by atoms with E-state index in [9.17, 15) is 4.79 Å². The van der Waals surface area contributed by atoms with E-state index < -0.39 is 0 Å². The van der Waals surface area contributed by atoms with Gasteiger partial charge in [-0.3, -0.25) is 0 Å². The molecular weight excluding hydrogens is 212 g/mol. The molecule has 1 radical (unpaired) electrons. The van der Waals surface area contributed by atoms with Gasteiger partial charge in [-0.25, -0.2) is 4.79 Å². The summed E-state index contributed by atoms with van der Waals surface area (Å²) in [6, 6.07) is 19.2. The van der Waals surface area contributed by atoms with E-state index >= 15 is 0 Å². The van der Waals surface area contributed by atoms with E-state index in [1.807, 2.05) is 30.3 Å². The topological polar surface area (TPSA) is 26.3 Å². The van der Waals surface area contributed by atoms with Crippen LogP contribution in [0, 0.1) is 6.07 Å². The zero-order valence-electron chi connectivity index (χ0n) is 9.17. The zero-order valence-corrected chi connectivity index (χ0v) is 9.17. The molecule has 17 heavy (non-hydrogen) atoms. The van der Waals surface area contributed by atoms with Crippen molar-refractivity contribution in [2.45, 2.75) is 0 Å². The first-order valence-corrected chi connectivity index (χ1v) is 5.26. The summed E-state index contributed by atoms with van der Waals surface area (Å²) < 4.78 is 5.10. The first-order chi connectivity index (χ1) is 8.34. The lowest BCUT2D eigenvalue weighted by molar-refractivity contribution is -0.128. The minimum atomic E-state index is -0.385. The molecule has 0 spiro atoms. The summed E-state index contributed by atoms with van der Waals surface area (Å²) in [5, 5.41) is 0. The molecule has 0 amide bonds. The number of rotatable bonds is 3. The number of hydrogen-bond acceptors (Lipinski definition) is 2. The molecule has 2 nitrogen and oxygen atoms in total. The molecule has 0 aliphatic rings. The maximum Gasteiger partial charge on any atom is 0.336 e. The third-order valence-electron chi connectivity index (χ3n) is 2.12. The molecule has 0 aliphatic heterocycles. The van der Waals surface area contributed by atoms with Gasteiger partial charge in [0, 0.05) is 6.08 Å². The standard InChI is InChI=1S/C15H11O2/c16-15(17-14-9-5-2-6-10-14)12-11-13-7-3-1-4-8-13/h2-12H/b12-11+. The fraction of sp³-hybridized carbons (Fsp3) is 0. The van der Waals surface area contributed by atoms with Crippen molar-refractivity contribution in [2.24, 2.45) is 0 Å². The van der Waals surface area contributed by atoms with Crippen LogP contribution in [0.1, 0.15) is 5.56 Å². The van der Waals surface area contributed by atoms with E-state index in [1.165, 1.54) is 6.08 Å². The smallest absolute Gasteiger partial charge is 0.336 e. The van der Waals surface area contributed by atoms with Gasteiger partial charge in [-0.15, -0.1) is 0 Å². The Hall–Kier alpha value is -2.35. The van der Waals surface area contributed by atoms with Crippen LogP contribution in [0.3, 0.4) is 0 Å². The minimum Gasteiger partial charge on any atom is -0.423 e. The van der Waals surface area contributed by atoms with Crippen molar-refractivity contribution in [3.63, 3.8) is 0 Å². The molecule has 0 bridgehead atoms. The molecule has 0 saturated heterocycles. The number of carbonyl (C=O) groups is 1. The molecule has 2 rings (SSSR count). The van der Waals surface area contributed by atoms with Gasteiger partial charge in [0.1, 0.15) is 5.75 Å². The highest BCUT2D eigenvalue weighted by Gasteiger charge is 1.98. The number of carbonyl (C=O) groups excluding carboxylic acids is 1. The monoisotopic (exact) mass is 223 g/mol. The lowest BCUT2D eigenvalue weighted by atomic mass is 10.2. The normalized spacial score (nSPS) is 10.4. The molecule has 83 valence electrons. The second kappa shape index (κ2) is 5.66. The summed E-state index contributed by atoms with van der Waals surface area (Å²) in [6.07, 6.45) is 3.11. The Morgan fingerprint density at radius 1 is 1.06 bits per heavy atom. The lowest BCUT2D eigenvalue weighted by Gasteiger charge is -1.99. The van der Waals surface area contributed by atoms with E-state index in [0.29, 0.717) is 5.75 Å². The Labute approximate surface area is 100 Å². The van der Waals surface area contributed by atoms with Crippen LogP contribution in [0.4, 0.5) is 0 Å². The van der Waals surface area contributed by atoms with E-state index in [-0.39, 0.29) is 5.97 Å². The fourth-order valence-corrected chi connectivity index (χ4v) is 1.31. The average Bonchev–Trinajstić information content (AvgIpc) is 2.39. The van der Waals surface area contributed by atoms with Gasteiger partial charge in [0.15, 0.2) is 0 Å². The van der Waals surface area contributed by atoms with Crippen LogP contribution in [-0.4, -0.2) is 5.97 Å². The second-order valence-electron chi connectivity index (χ2n) is 3.40. The molecule has 0 saturated carbocycles. The molecule has 0 aliphatic carbocycles. The highest BCUT2D eigenvalue weighted by molar-refractivity contribution is 5.88. The summed E-state index contributed by atoms with van der Waals surface area (Å²) in [5.41, 5.74) is 0.939. The predicted octanol–water partition coefficient (Wildman–Crippen LogP) is 3.11. The van der Waals surface area contributed by atoms with Gasteiger partial charge in [-0.2, -0.15) is 0 Å². The number of esters is 1. The summed E-state index contributed by atoms with van der Waals surface area (Å²) in [6.45, 7) is 0. The largest absolute Gasteiger partial charge is 0.423 e. The van der Waals surface area contributed by atoms with Crippen molar-refractivity contribution < 1.29 is 9.53 Å². The number of benzene rings is 2. The van der Waals surface area contributed by atoms with Crippen molar-refractivity contribution in [3.8, 4) is 5.75 Å². The van der Waals surface area contributed by atoms with Crippen LogP contribution in [0.15, 0.2) is 60.7 Å². The van der Waals surface area contributed by atoms with Crippen LogP contribution in [0.5, 0.6) is 5.75 Å². The zero-order chi connectivity index (χ0) is 11.9. The van der Waals surface area contributed by atoms with Gasteiger partial charge < -0.3 is 4.74 Å². The van der Waals surface area contributed by atoms with E-state index in [1.54, 1.807) is 30.3 Å². The van der Waals surface area contributed by atoms with Crippen molar-refractivity contribution in [1.82, 2.24) is 0 Å². The highest BCUT2D eigenvalue weighted by atomic mass is 16.5. The predicted molar refractivity (Wildman–Crippen MR) is 66.4 cm³/mol. The lowest BCUT2D eigenvalue weighted by Crippen LogP contribution is -2.03. The summed E-state index contributed by atoms with van der Waals surface area (Å²) in [7, 11) is 0. The van der Waals surface area contributed by atoms with Crippen LogP contribution < -0.4 is 4.74 Å². The molecular formula is C15H11O2. The third kappa shape index (κ3) is 3.61. The van der Waals surface area contributed by atoms with Gasteiger partial charge >= 0.3 is 5.97 Å². The first kappa shape index (κ1) is 11.1. The Kier molecular flexibility index (Phi) is 3.71. The number of hydrogen-bond donors (Lipinski definition) is 0. The van der Waals surface area contributed by atoms with Crippen LogP contribution in [0.2, 0.25) is 0 Å². The van der Waals surface area contributed by atoms with Crippen LogP contribution in [0.25, 0.3) is 6.08 Å². The van der Waals surface area contributed by atoms with Crippen molar-refractivity contribution in [2.75, 3.05) is 0 Å². The summed E-state index contributed by atoms with van der Waals surface area (Å²) in [4.78, 5) is 11.5. The van der Waals surface area contributed by atoms with E-state index in [0.717, 1.165) is 5.56 Å².